The van der Waals surface area contributed by atoms with Crippen molar-refractivity contribution in [3.8, 4) is 0 Å². The molecular formula is C10H15BrOS. The Kier molecular flexibility index (Phi) is 4.99. The van der Waals surface area contributed by atoms with Gasteiger partial charge in [-0.3, -0.25) is 0 Å². The van der Waals surface area contributed by atoms with E-state index in [2.05, 4.69) is 41.2 Å². The number of hydrogen-bond donors (Lipinski definition) is 0. The molecule has 0 fully saturated rings. The van der Waals surface area contributed by atoms with Gasteiger partial charge in [0, 0.05) is 21.3 Å². The van der Waals surface area contributed by atoms with Gasteiger partial charge in [0.25, 0.3) is 0 Å². The third-order valence-corrected chi connectivity index (χ3v) is 3.38. The average Bonchev–Trinajstić information content (AvgIpc) is 2.45. The summed E-state index contributed by atoms with van der Waals surface area (Å²) in [4.78, 5) is 1.29. The van der Waals surface area contributed by atoms with Crippen molar-refractivity contribution >= 4 is 27.3 Å². The summed E-state index contributed by atoms with van der Waals surface area (Å²) in [5.41, 5.74) is 0. The Labute approximate surface area is 92.2 Å². The van der Waals surface area contributed by atoms with Crippen molar-refractivity contribution in [1.29, 1.82) is 0 Å². The lowest BCUT2D eigenvalue weighted by Crippen LogP contribution is -1.98. The maximum atomic E-state index is 5.53. The maximum absolute atomic E-state index is 5.53. The van der Waals surface area contributed by atoms with Gasteiger partial charge in [-0.2, -0.15) is 0 Å². The van der Waals surface area contributed by atoms with Crippen LogP contribution in [0.2, 0.25) is 0 Å². The monoisotopic (exact) mass is 262 g/mol. The molecule has 0 aliphatic rings. The summed E-state index contributed by atoms with van der Waals surface area (Å²) in [6.07, 6.45) is 1.15. The molecule has 0 amide bonds. The summed E-state index contributed by atoms with van der Waals surface area (Å²) in [6.45, 7) is 6.05. The van der Waals surface area contributed by atoms with Gasteiger partial charge in [-0.25, -0.2) is 0 Å². The zero-order valence-corrected chi connectivity index (χ0v) is 10.5. The minimum absolute atomic E-state index is 0.732. The Morgan fingerprint density at radius 2 is 2.31 bits per heavy atom. The minimum atomic E-state index is 0.732. The van der Waals surface area contributed by atoms with Gasteiger partial charge in [0.1, 0.15) is 0 Å². The summed E-state index contributed by atoms with van der Waals surface area (Å²) in [6, 6.07) is 2.11. The summed E-state index contributed by atoms with van der Waals surface area (Å²) < 4.78 is 6.69. The Morgan fingerprint density at radius 1 is 1.54 bits per heavy atom. The molecule has 1 nitrogen and oxygen atoms in total. The first-order chi connectivity index (χ1) is 6.18. The summed E-state index contributed by atoms with van der Waals surface area (Å²) in [5.74, 6) is 0.732. The van der Waals surface area contributed by atoms with Crippen LogP contribution in [0.5, 0.6) is 0 Å². The molecule has 0 N–H and O–H groups in total. The quantitative estimate of drug-likeness (QED) is 0.727. The lowest BCUT2D eigenvalue weighted by Gasteiger charge is -2.04. The van der Waals surface area contributed by atoms with E-state index >= 15 is 0 Å². The van der Waals surface area contributed by atoms with E-state index in [1.807, 2.05) is 0 Å². The van der Waals surface area contributed by atoms with Gasteiger partial charge in [0.2, 0.25) is 0 Å². The maximum Gasteiger partial charge on any atom is 0.0809 e. The number of ether oxygens (including phenoxy) is 1. The molecule has 13 heavy (non-hydrogen) atoms. The minimum Gasteiger partial charge on any atom is -0.376 e. The van der Waals surface area contributed by atoms with Gasteiger partial charge < -0.3 is 4.74 Å². The van der Waals surface area contributed by atoms with Crippen molar-refractivity contribution in [3.05, 3.63) is 20.8 Å². The van der Waals surface area contributed by atoms with E-state index in [0.29, 0.717) is 0 Å². The van der Waals surface area contributed by atoms with Crippen LogP contribution in [-0.2, 0) is 11.3 Å². The zero-order valence-electron chi connectivity index (χ0n) is 8.05. The Hall–Kier alpha value is 0.140. The predicted molar refractivity (Wildman–Crippen MR) is 61.1 cm³/mol. The molecule has 0 unspecified atom stereocenters. The molecule has 0 radical (unpaired) electrons. The van der Waals surface area contributed by atoms with Gasteiger partial charge in [-0.15, -0.1) is 11.3 Å². The third kappa shape index (κ3) is 4.79. The highest BCUT2D eigenvalue weighted by Crippen LogP contribution is 2.20. The van der Waals surface area contributed by atoms with Gasteiger partial charge >= 0.3 is 0 Å². The molecule has 1 heterocycles. The van der Waals surface area contributed by atoms with Crippen LogP contribution < -0.4 is 0 Å². The molecular weight excluding hydrogens is 248 g/mol. The van der Waals surface area contributed by atoms with Crippen LogP contribution in [0.25, 0.3) is 0 Å². The Morgan fingerprint density at radius 3 is 2.85 bits per heavy atom. The molecule has 0 aliphatic heterocycles. The zero-order chi connectivity index (χ0) is 9.68. The van der Waals surface area contributed by atoms with Gasteiger partial charge in [0.15, 0.2) is 0 Å². The molecule has 0 aliphatic carbocycles. The highest BCUT2D eigenvalue weighted by Gasteiger charge is 1.98. The molecule has 0 saturated carbocycles. The number of hydrogen-bond acceptors (Lipinski definition) is 2. The van der Waals surface area contributed by atoms with Crippen LogP contribution >= 0.6 is 27.3 Å². The van der Waals surface area contributed by atoms with E-state index in [-0.39, 0.29) is 0 Å². The summed E-state index contributed by atoms with van der Waals surface area (Å²) in [7, 11) is 0. The fourth-order valence-electron chi connectivity index (χ4n) is 0.921. The summed E-state index contributed by atoms with van der Waals surface area (Å²) in [5, 5.41) is 2.08. The lowest BCUT2D eigenvalue weighted by atomic mass is 10.1. The summed E-state index contributed by atoms with van der Waals surface area (Å²) >= 11 is 5.16. The van der Waals surface area contributed by atoms with E-state index in [1.165, 1.54) is 4.88 Å². The molecule has 1 aromatic heterocycles. The largest absolute Gasteiger partial charge is 0.376 e. The van der Waals surface area contributed by atoms with Crippen molar-refractivity contribution in [2.24, 2.45) is 5.92 Å². The predicted octanol–water partition coefficient (Wildman–Crippen LogP) is 4.07. The smallest absolute Gasteiger partial charge is 0.0809 e. The van der Waals surface area contributed by atoms with E-state index in [4.69, 9.17) is 4.74 Å². The first-order valence-electron chi connectivity index (χ1n) is 4.49. The van der Waals surface area contributed by atoms with E-state index in [1.54, 1.807) is 11.3 Å². The lowest BCUT2D eigenvalue weighted by molar-refractivity contribution is 0.112. The average molecular weight is 263 g/mol. The normalized spacial score (nSPS) is 11.1. The molecule has 0 spiro atoms. The van der Waals surface area contributed by atoms with Crippen LogP contribution in [0.15, 0.2) is 15.9 Å². The van der Waals surface area contributed by atoms with Crippen LogP contribution in [0.4, 0.5) is 0 Å². The van der Waals surface area contributed by atoms with Crippen LogP contribution in [0.1, 0.15) is 25.1 Å². The molecule has 1 aromatic rings. The van der Waals surface area contributed by atoms with Gasteiger partial charge in [-0.05, 0) is 34.3 Å². The third-order valence-electron chi connectivity index (χ3n) is 1.71. The van der Waals surface area contributed by atoms with E-state index in [9.17, 15) is 0 Å². The number of rotatable bonds is 5. The second-order valence-corrected chi connectivity index (χ2v) is 5.38. The second-order valence-electron chi connectivity index (χ2n) is 3.47. The van der Waals surface area contributed by atoms with Crippen molar-refractivity contribution in [2.45, 2.75) is 26.9 Å². The van der Waals surface area contributed by atoms with Crippen LogP contribution in [0, 0.1) is 5.92 Å². The van der Waals surface area contributed by atoms with Crippen LogP contribution in [-0.4, -0.2) is 6.61 Å². The van der Waals surface area contributed by atoms with E-state index in [0.717, 1.165) is 30.0 Å². The number of thiophene rings is 1. The standard InChI is InChI=1S/C10H15BrOS/c1-8(2)3-4-12-6-10-5-9(11)7-13-10/h5,7-8H,3-4,6H2,1-2H3. The molecule has 0 aromatic carbocycles. The van der Waals surface area contributed by atoms with E-state index < -0.39 is 0 Å². The van der Waals surface area contributed by atoms with Crippen LogP contribution in [0.3, 0.4) is 0 Å². The second kappa shape index (κ2) is 5.78. The van der Waals surface area contributed by atoms with Gasteiger partial charge in [0.05, 0.1) is 6.61 Å². The molecule has 0 atom stereocenters. The molecule has 1 rings (SSSR count). The van der Waals surface area contributed by atoms with Crippen molar-refractivity contribution < 1.29 is 4.74 Å². The highest BCUT2D eigenvalue weighted by atomic mass is 79.9. The van der Waals surface area contributed by atoms with Crippen molar-refractivity contribution in [3.63, 3.8) is 0 Å². The first kappa shape index (κ1) is 11.2. The molecule has 0 saturated heterocycles. The fourth-order valence-corrected chi connectivity index (χ4v) is 2.31. The SMILES string of the molecule is CC(C)CCOCc1cc(Br)cs1. The van der Waals surface area contributed by atoms with Gasteiger partial charge in [-0.1, -0.05) is 13.8 Å². The topological polar surface area (TPSA) is 9.23 Å². The molecule has 0 bridgehead atoms. The fraction of sp³-hybridized carbons (Fsp3) is 0.600. The molecule has 3 heteroatoms. The van der Waals surface area contributed by atoms with Crippen molar-refractivity contribution in [2.75, 3.05) is 6.61 Å². The Balaban J connectivity index is 2.13. The number of halogens is 1. The molecule has 74 valence electrons. The Bertz CT molecular complexity index is 245. The highest BCUT2D eigenvalue weighted by molar-refractivity contribution is 9.10. The van der Waals surface area contributed by atoms with Crippen molar-refractivity contribution in [1.82, 2.24) is 0 Å². The first-order valence-corrected chi connectivity index (χ1v) is 6.16.